The zero-order valence-electron chi connectivity index (χ0n) is 11.9. The number of benzene rings is 1. The molecule has 1 aliphatic heterocycles. The molecule has 0 spiro atoms. The first-order valence-electron chi connectivity index (χ1n) is 6.83. The van der Waals surface area contributed by atoms with Crippen LogP contribution in [0.2, 0.25) is 10.0 Å². The topological polar surface area (TPSA) is 89.8 Å². The molecule has 0 aliphatic carbocycles. The van der Waals surface area contributed by atoms with Gasteiger partial charge in [0.05, 0.1) is 0 Å². The summed E-state index contributed by atoms with van der Waals surface area (Å²) in [5, 5.41) is 13.2. The molecule has 1 N–H and O–H groups in total. The summed E-state index contributed by atoms with van der Waals surface area (Å²) in [6, 6.07) is 4.63. The van der Waals surface area contributed by atoms with Crippen LogP contribution in [0.15, 0.2) is 23.6 Å². The predicted octanol–water partition coefficient (Wildman–Crippen LogP) is 1.89. The molecule has 1 aliphatic rings. The van der Waals surface area contributed by atoms with Crippen molar-refractivity contribution in [2.45, 2.75) is 25.4 Å². The van der Waals surface area contributed by atoms with Crippen LogP contribution >= 0.6 is 23.2 Å². The first-order valence-corrected chi connectivity index (χ1v) is 9.14. The second-order valence-corrected chi connectivity index (χ2v) is 7.58. The van der Waals surface area contributed by atoms with E-state index < -0.39 is 10.0 Å². The van der Waals surface area contributed by atoms with E-state index in [-0.39, 0.29) is 6.04 Å². The lowest BCUT2D eigenvalue weighted by Crippen LogP contribution is -2.39. The summed E-state index contributed by atoms with van der Waals surface area (Å²) in [5.41, 5.74) is 0.578. The zero-order chi connectivity index (χ0) is 16.4. The molecule has 0 saturated carbocycles. The normalized spacial score (nSPS) is 18.3. The molecule has 1 aromatic heterocycles. The maximum atomic E-state index is 12.2. The first-order chi connectivity index (χ1) is 10.9. The summed E-state index contributed by atoms with van der Waals surface area (Å²) in [4.78, 5) is 0. The van der Waals surface area contributed by atoms with Crippen LogP contribution in [0.5, 0.6) is 0 Å². The Balaban J connectivity index is 1.69. The summed E-state index contributed by atoms with van der Waals surface area (Å²) in [6.45, 7) is 0.586. The van der Waals surface area contributed by atoms with Crippen molar-refractivity contribution in [3.63, 3.8) is 0 Å². The summed E-state index contributed by atoms with van der Waals surface area (Å²) < 4.78 is 28.7. The fraction of sp³-hybridized carbons (Fsp3) is 0.308. The minimum absolute atomic E-state index is 0.233. The quantitative estimate of drug-likeness (QED) is 0.883. The molecule has 7 nitrogen and oxygen atoms in total. The Morgan fingerprint density at radius 2 is 2.17 bits per heavy atom. The van der Waals surface area contributed by atoms with Gasteiger partial charge in [-0.1, -0.05) is 29.3 Å². The third kappa shape index (κ3) is 4.08. The maximum Gasteiger partial charge on any atom is 0.233 e. The lowest BCUT2D eigenvalue weighted by Gasteiger charge is -2.21. The van der Waals surface area contributed by atoms with E-state index in [0.717, 1.165) is 5.41 Å². The number of rotatable bonds is 4. The van der Waals surface area contributed by atoms with Crippen LogP contribution in [-0.4, -0.2) is 34.7 Å². The Morgan fingerprint density at radius 3 is 2.96 bits per heavy atom. The third-order valence-electron chi connectivity index (χ3n) is 3.44. The molecule has 23 heavy (non-hydrogen) atoms. The molecule has 3 rings (SSSR count). The Labute approximate surface area is 143 Å². The van der Waals surface area contributed by atoms with E-state index in [1.54, 1.807) is 22.9 Å². The number of aryl methyl sites for hydroxylation is 1. The smallest absolute Gasteiger partial charge is 0.230 e. The van der Waals surface area contributed by atoms with Gasteiger partial charge in [0.25, 0.3) is 0 Å². The minimum atomic E-state index is -3.59. The lowest BCUT2D eigenvalue weighted by atomic mass is 10.1. The largest absolute Gasteiger partial charge is 0.233 e. The van der Waals surface area contributed by atoms with Crippen LogP contribution in [0.1, 0.15) is 17.8 Å². The SMILES string of the molecule is O=S(=O)(/C=C/c1ccc(Cl)cc1Cl)NC1CCn2nnnc2C1. The van der Waals surface area contributed by atoms with Gasteiger partial charge >= 0.3 is 0 Å². The van der Waals surface area contributed by atoms with Gasteiger partial charge in [-0.15, -0.1) is 5.10 Å². The van der Waals surface area contributed by atoms with Crippen molar-refractivity contribution in [2.75, 3.05) is 0 Å². The molecule has 2 aromatic rings. The number of hydrogen-bond acceptors (Lipinski definition) is 5. The molecule has 0 radical (unpaired) electrons. The molecule has 1 atom stereocenters. The molecule has 0 bridgehead atoms. The summed E-state index contributed by atoms with van der Waals surface area (Å²) >= 11 is 11.8. The lowest BCUT2D eigenvalue weighted by molar-refractivity contribution is 0.408. The van der Waals surface area contributed by atoms with E-state index >= 15 is 0 Å². The molecular formula is C13H13Cl2N5O2S. The fourth-order valence-corrected chi connectivity index (χ4v) is 3.86. The van der Waals surface area contributed by atoms with Crippen LogP contribution in [0.3, 0.4) is 0 Å². The number of nitrogens with zero attached hydrogens (tertiary/aromatic N) is 4. The van der Waals surface area contributed by atoms with E-state index in [4.69, 9.17) is 23.2 Å². The van der Waals surface area contributed by atoms with Gasteiger partial charge in [-0.05, 0) is 40.6 Å². The molecule has 10 heteroatoms. The molecule has 0 fully saturated rings. The second-order valence-electron chi connectivity index (χ2n) is 5.14. The first kappa shape index (κ1) is 16.4. The monoisotopic (exact) mass is 373 g/mol. The third-order valence-corrected chi connectivity index (χ3v) is 5.16. The highest BCUT2D eigenvalue weighted by Gasteiger charge is 2.23. The van der Waals surface area contributed by atoms with Gasteiger partial charge in [0.2, 0.25) is 10.0 Å². The van der Waals surface area contributed by atoms with Gasteiger partial charge < -0.3 is 0 Å². The highest BCUT2D eigenvalue weighted by molar-refractivity contribution is 7.92. The van der Waals surface area contributed by atoms with E-state index in [0.29, 0.717) is 40.8 Å². The molecule has 0 saturated heterocycles. The maximum absolute atomic E-state index is 12.2. The molecule has 0 amide bonds. The van der Waals surface area contributed by atoms with Gasteiger partial charge in [-0.2, -0.15) is 0 Å². The molecular weight excluding hydrogens is 361 g/mol. The van der Waals surface area contributed by atoms with Gasteiger partial charge in [0, 0.05) is 34.5 Å². The summed E-state index contributed by atoms with van der Waals surface area (Å²) in [6.07, 6.45) is 2.53. The molecule has 2 heterocycles. The van der Waals surface area contributed by atoms with Crippen LogP contribution < -0.4 is 4.72 Å². The van der Waals surface area contributed by atoms with Crippen LogP contribution in [0, 0.1) is 0 Å². The number of tetrazole rings is 1. The van der Waals surface area contributed by atoms with Crippen LogP contribution in [0.4, 0.5) is 0 Å². The Hall–Kier alpha value is -1.48. The van der Waals surface area contributed by atoms with Gasteiger partial charge in [0.1, 0.15) is 0 Å². The van der Waals surface area contributed by atoms with Gasteiger partial charge in [-0.25, -0.2) is 17.8 Å². The highest BCUT2D eigenvalue weighted by atomic mass is 35.5. The predicted molar refractivity (Wildman–Crippen MR) is 87.5 cm³/mol. The van der Waals surface area contributed by atoms with Gasteiger partial charge in [-0.3, -0.25) is 0 Å². The second kappa shape index (κ2) is 6.56. The highest BCUT2D eigenvalue weighted by Crippen LogP contribution is 2.22. The average Bonchev–Trinajstić information content (AvgIpc) is 2.93. The fourth-order valence-electron chi connectivity index (χ4n) is 2.32. The average molecular weight is 374 g/mol. The van der Waals surface area contributed by atoms with E-state index in [2.05, 4.69) is 20.2 Å². The standard InChI is InChI=1S/C13H13Cl2N5O2S/c14-10-2-1-9(12(15)7-10)4-6-23(21,22)17-11-3-5-20-13(8-11)16-18-19-20/h1-2,4,6-7,11,17H,3,5,8H2/b6-4+. The zero-order valence-corrected chi connectivity index (χ0v) is 14.2. The Bertz CT molecular complexity index is 850. The number of aromatic nitrogens is 4. The minimum Gasteiger partial charge on any atom is -0.230 e. The van der Waals surface area contributed by atoms with Crippen molar-refractivity contribution < 1.29 is 8.42 Å². The number of hydrogen-bond donors (Lipinski definition) is 1. The molecule has 1 aromatic carbocycles. The number of halogens is 2. The van der Waals surface area contributed by atoms with E-state index in [1.165, 1.54) is 6.08 Å². The Morgan fingerprint density at radius 1 is 1.35 bits per heavy atom. The van der Waals surface area contributed by atoms with Crippen molar-refractivity contribution in [1.82, 2.24) is 24.9 Å². The van der Waals surface area contributed by atoms with Crippen molar-refractivity contribution in [2.24, 2.45) is 0 Å². The number of sulfonamides is 1. The molecule has 1 unspecified atom stereocenters. The van der Waals surface area contributed by atoms with E-state index in [1.807, 2.05) is 0 Å². The number of nitrogens with one attached hydrogen (secondary N) is 1. The van der Waals surface area contributed by atoms with E-state index in [9.17, 15) is 8.42 Å². The van der Waals surface area contributed by atoms with Crippen LogP contribution in [-0.2, 0) is 23.0 Å². The van der Waals surface area contributed by atoms with Gasteiger partial charge in [0.15, 0.2) is 5.82 Å². The van der Waals surface area contributed by atoms with Crippen molar-refractivity contribution in [3.05, 3.63) is 45.0 Å². The van der Waals surface area contributed by atoms with Crippen molar-refractivity contribution in [3.8, 4) is 0 Å². The van der Waals surface area contributed by atoms with Crippen molar-refractivity contribution in [1.29, 1.82) is 0 Å². The van der Waals surface area contributed by atoms with Crippen molar-refractivity contribution >= 4 is 39.3 Å². The Kier molecular flexibility index (Phi) is 4.67. The molecule has 122 valence electrons. The summed E-state index contributed by atoms with van der Waals surface area (Å²) in [5.74, 6) is 0.675. The summed E-state index contributed by atoms with van der Waals surface area (Å²) in [7, 11) is -3.59. The van der Waals surface area contributed by atoms with Crippen LogP contribution in [0.25, 0.3) is 6.08 Å². The number of fused-ring (bicyclic) bond motifs is 1.